The minimum Gasteiger partial charge on any atom is -0.352 e. The number of rotatable bonds is 6. The Labute approximate surface area is 222 Å². The average molecular weight is 543 g/mol. The number of carbonyl (C=O) groups is 2. The third-order valence-electron chi connectivity index (χ3n) is 5.85. The summed E-state index contributed by atoms with van der Waals surface area (Å²) >= 11 is 6.26. The number of H-pyrrole nitrogens is 1. The van der Waals surface area contributed by atoms with E-state index in [2.05, 4.69) is 20.6 Å². The predicted molar refractivity (Wildman–Crippen MR) is 141 cm³/mol. The van der Waals surface area contributed by atoms with Crippen molar-refractivity contribution in [1.29, 1.82) is 0 Å². The number of nitrogens with one attached hydrogen (secondary N) is 3. The molecule has 10 heteroatoms. The first-order chi connectivity index (χ1) is 17.8. The largest absolute Gasteiger partial charge is 0.416 e. The maximum absolute atomic E-state index is 13.0. The number of anilines is 1. The topological polar surface area (TPSA) is 86.9 Å². The second-order valence-corrected chi connectivity index (χ2v) is 10.4. The van der Waals surface area contributed by atoms with Crippen molar-refractivity contribution in [3.8, 4) is 0 Å². The highest BCUT2D eigenvalue weighted by Gasteiger charge is 2.30. The second-order valence-electron chi connectivity index (χ2n) is 9.99. The van der Waals surface area contributed by atoms with Gasteiger partial charge in [0.2, 0.25) is 5.91 Å². The van der Waals surface area contributed by atoms with Gasteiger partial charge in [0.15, 0.2) is 0 Å². The summed E-state index contributed by atoms with van der Waals surface area (Å²) in [5.41, 5.74) is 1.91. The van der Waals surface area contributed by atoms with E-state index in [4.69, 9.17) is 11.6 Å². The molecule has 198 valence electrons. The summed E-state index contributed by atoms with van der Waals surface area (Å²) in [5.74, 6) is 0.0232. The quantitative estimate of drug-likeness (QED) is 0.252. The maximum atomic E-state index is 13.0. The number of aromatic amines is 1. The Morgan fingerprint density at radius 2 is 1.63 bits per heavy atom. The van der Waals surface area contributed by atoms with Crippen LogP contribution in [0.3, 0.4) is 0 Å². The molecular weight excluding hydrogens is 517 g/mol. The SMILES string of the molecule is CC(C)(C)C(=O)NCc1ccc(Cl)c(C(=O)Nc2ccc(Cc3nc4ccc(C(F)(F)F)cc4[nH]3)cc2)c1. The van der Waals surface area contributed by atoms with E-state index in [0.29, 0.717) is 29.0 Å². The fourth-order valence-corrected chi connectivity index (χ4v) is 3.93. The number of carbonyl (C=O) groups excluding carboxylic acids is 2. The highest BCUT2D eigenvalue weighted by atomic mass is 35.5. The molecule has 1 heterocycles. The number of fused-ring (bicyclic) bond motifs is 1. The fraction of sp³-hybridized carbons (Fsp3) is 0.250. The van der Waals surface area contributed by atoms with E-state index < -0.39 is 23.1 Å². The monoisotopic (exact) mass is 542 g/mol. The zero-order valence-electron chi connectivity index (χ0n) is 21.0. The van der Waals surface area contributed by atoms with Crippen LogP contribution in [0.4, 0.5) is 18.9 Å². The number of imidazole rings is 1. The minimum absolute atomic E-state index is 0.104. The van der Waals surface area contributed by atoms with Gasteiger partial charge in [-0.05, 0) is 53.6 Å². The van der Waals surface area contributed by atoms with E-state index in [-0.39, 0.29) is 23.0 Å². The van der Waals surface area contributed by atoms with Crippen LogP contribution in [-0.4, -0.2) is 21.8 Å². The molecule has 0 atom stereocenters. The first-order valence-electron chi connectivity index (χ1n) is 11.8. The lowest BCUT2D eigenvalue weighted by atomic mass is 9.95. The molecule has 38 heavy (non-hydrogen) atoms. The Kier molecular flexibility index (Phi) is 7.51. The lowest BCUT2D eigenvalue weighted by molar-refractivity contribution is -0.137. The molecule has 0 saturated heterocycles. The Hall–Kier alpha value is -3.85. The van der Waals surface area contributed by atoms with Crippen LogP contribution in [0.5, 0.6) is 0 Å². The zero-order valence-corrected chi connectivity index (χ0v) is 21.7. The first kappa shape index (κ1) is 27.2. The van der Waals surface area contributed by atoms with Gasteiger partial charge < -0.3 is 15.6 Å². The third kappa shape index (κ3) is 6.52. The molecule has 0 aliphatic carbocycles. The standard InChI is InChI=1S/C28H26ClF3N4O2/c1-27(2,3)26(38)33-15-17-6-10-21(29)20(12-17)25(37)34-19-8-4-16(5-9-19)13-24-35-22-11-7-18(28(30,31)32)14-23(22)36-24/h4-12,14H,13,15H2,1-3H3,(H,33,38)(H,34,37)(H,35,36). The van der Waals surface area contributed by atoms with Gasteiger partial charge in [-0.25, -0.2) is 4.98 Å². The van der Waals surface area contributed by atoms with E-state index in [1.807, 2.05) is 20.8 Å². The summed E-state index contributed by atoms with van der Waals surface area (Å²) in [7, 11) is 0. The first-order valence-corrected chi connectivity index (χ1v) is 12.2. The van der Waals surface area contributed by atoms with E-state index in [9.17, 15) is 22.8 Å². The number of halogens is 4. The van der Waals surface area contributed by atoms with Crippen LogP contribution in [0.2, 0.25) is 5.02 Å². The van der Waals surface area contributed by atoms with Gasteiger partial charge in [0, 0.05) is 24.1 Å². The van der Waals surface area contributed by atoms with Gasteiger partial charge in [0.1, 0.15) is 5.82 Å². The van der Waals surface area contributed by atoms with Crippen LogP contribution in [0, 0.1) is 5.41 Å². The Morgan fingerprint density at radius 1 is 0.947 bits per heavy atom. The Balaban J connectivity index is 1.41. The minimum atomic E-state index is -4.42. The van der Waals surface area contributed by atoms with E-state index in [1.165, 1.54) is 6.07 Å². The number of benzene rings is 3. The number of amides is 2. The fourth-order valence-electron chi connectivity index (χ4n) is 3.72. The number of aromatic nitrogens is 2. The van der Waals surface area contributed by atoms with Gasteiger partial charge in [-0.2, -0.15) is 13.2 Å². The van der Waals surface area contributed by atoms with Gasteiger partial charge in [-0.3, -0.25) is 9.59 Å². The molecule has 0 spiro atoms. The molecule has 3 N–H and O–H groups in total. The number of hydrogen-bond acceptors (Lipinski definition) is 3. The maximum Gasteiger partial charge on any atom is 0.416 e. The molecular formula is C28H26ClF3N4O2. The molecule has 1 aromatic heterocycles. The van der Waals surface area contributed by atoms with Gasteiger partial charge in [0.25, 0.3) is 5.91 Å². The Bertz CT molecular complexity index is 1490. The Morgan fingerprint density at radius 3 is 2.29 bits per heavy atom. The van der Waals surface area contributed by atoms with Crippen LogP contribution < -0.4 is 10.6 Å². The number of nitrogens with zero attached hydrogens (tertiary/aromatic N) is 1. The summed E-state index contributed by atoms with van der Waals surface area (Å²) < 4.78 is 38.9. The van der Waals surface area contributed by atoms with Crippen LogP contribution >= 0.6 is 11.6 Å². The second kappa shape index (κ2) is 10.5. The van der Waals surface area contributed by atoms with Gasteiger partial charge >= 0.3 is 6.18 Å². The molecule has 0 aliphatic rings. The van der Waals surface area contributed by atoms with Crippen molar-refractivity contribution < 1.29 is 22.8 Å². The normalized spacial score (nSPS) is 12.0. The van der Waals surface area contributed by atoms with E-state index in [0.717, 1.165) is 23.3 Å². The molecule has 4 rings (SSSR count). The van der Waals surface area contributed by atoms with Gasteiger partial charge in [-0.15, -0.1) is 0 Å². The molecule has 0 radical (unpaired) electrons. The molecule has 0 aliphatic heterocycles. The van der Waals surface area contributed by atoms with Crippen LogP contribution in [0.15, 0.2) is 60.7 Å². The molecule has 0 fully saturated rings. The number of hydrogen-bond donors (Lipinski definition) is 3. The lowest BCUT2D eigenvalue weighted by Gasteiger charge is -2.18. The van der Waals surface area contributed by atoms with Crippen LogP contribution in [0.1, 0.15) is 53.6 Å². The van der Waals surface area contributed by atoms with Crippen molar-refractivity contribution in [3.63, 3.8) is 0 Å². The number of alkyl halides is 3. The zero-order chi connectivity index (χ0) is 27.7. The molecule has 3 aromatic carbocycles. The summed E-state index contributed by atoms with van der Waals surface area (Å²) in [6.07, 6.45) is -4.05. The van der Waals surface area contributed by atoms with Crippen molar-refractivity contribution in [3.05, 3.63) is 93.8 Å². The molecule has 6 nitrogen and oxygen atoms in total. The van der Waals surface area contributed by atoms with Gasteiger partial charge in [0.05, 0.1) is 27.2 Å². The molecule has 0 saturated carbocycles. The van der Waals surface area contributed by atoms with Gasteiger partial charge in [-0.1, -0.05) is 50.6 Å². The van der Waals surface area contributed by atoms with E-state index >= 15 is 0 Å². The van der Waals surface area contributed by atoms with Crippen LogP contribution in [-0.2, 0) is 23.9 Å². The highest BCUT2D eigenvalue weighted by molar-refractivity contribution is 6.34. The lowest BCUT2D eigenvalue weighted by Crippen LogP contribution is -2.34. The highest BCUT2D eigenvalue weighted by Crippen LogP contribution is 2.31. The van der Waals surface area contributed by atoms with Crippen molar-refractivity contribution in [1.82, 2.24) is 15.3 Å². The predicted octanol–water partition coefficient (Wildman–Crippen LogP) is 6.74. The van der Waals surface area contributed by atoms with Crippen molar-refractivity contribution in [2.75, 3.05) is 5.32 Å². The van der Waals surface area contributed by atoms with Crippen LogP contribution in [0.25, 0.3) is 11.0 Å². The average Bonchev–Trinajstić information content (AvgIpc) is 3.25. The molecule has 4 aromatic rings. The van der Waals surface area contributed by atoms with Crippen molar-refractivity contribution in [2.24, 2.45) is 5.41 Å². The molecule has 0 unspecified atom stereocenters. The summed E-state index contributed by atoms with van der Waals surface area (Å²) in [4.78, 5) is 32.3. The summed E-state index contributed by atoms with van der Waals surface area (Å²) in [6, 6.07) is 15.4. The molecule has 0 bridgehead atoms. The molecule has 2 amide bonds. The summed E-state index contributed by atoms with van der Waals surface area (Å²) in [6.45, 7) is 5.72. The van der Waals surface area contributed by atoms with E-state index in [1.54, 1.807) is 42.5 Å². The van der Waals surface area contributed by atoms with Crippen molar-refractivity contribution >= 4 is 40.1 Å². The third-order valence-corrected chi connectivity index (χ3v) is 6.18. The summed E-state index contributed by atoms with van der Waals surface area (Å²) in [5, 5.41) is 5.94. The van der Waals surface area contributed by atoms with Crippen molar-refractivity contribution in [2.45, 2.75) is 39.9 Å². The smallest absolute Gasteiger partial charge is 0.352 e.